The van der Waals surface area contributed by atoms with E-state index in [-0.39, 0.29) is 5.65 Å². The molecule has 188 valence electrons. The van der Waals surface area contributed by atoms with Crippen LogP contribution in [0, 0.1) is 0 Å². The molecule has 3 heterocycles. The molecule has 0 atom stereocenters. The minimum atomic E-state index is -4.81. The van der Waals surface area contributed by atoms with Crippen LogP contribution in [0.25, 0.3) is 16.8 Å². The van der Waals surface area contributed by atoms with Gasteiger partial charge in [-0.15, -0.1) is 23.4 Å². The van der Waals surface area contributed by atoms with Gasteiger partial charge in [0.05, 0.1) is 6.61 Å². The molecule has 2 aromatic carbocycles. The van der Waals surface area contributed by atoms with Crippen molar-refractivity contribution in [3.05, 3.63) is 77.7 Å². The average Bonchev–Trinajstić information content (AvgIpc) is 3.36. The molecule has 11 heteroatoms. The summed E-state index contributed by atoms with van der Waals surface area (Å²) >= 11 is 0. The van der Waals surface area contributed by atoms with E-state index in [0.29, 0.717) is 28.9 Å². The van der Waals surface area contributed by atoms with Crippen LogP contribution < -0.4 is 9.47 Å². The highest BCUT2D eigenvalue weighted by atomic mass is 19.4. The molecule has 0 saturated heterocycles. The van der Waals surface area contributed by atoms with Crippen molar-refractivity contribution in [2.75, 3.05) is 0 Å². The second-order valence-corrected chi connectivity index (χ2v) is 8.99. The lowest BCUT2D eigenvalue weighted by molar-refractivity contribution is -0.274. The van der Waals surface area contributed by atoms with Crippen LogP contribution in [0.15, 0.2) is 60.8 Å². The summed E-state index contributed by atoms with van der Waals surface area (Å²) in [6.07, 6.45) is -6.58. The molecule has 0 spiro atoms. The van der Waals surface area contributed by atoms with Crippen molar-refractivity contribution in [2.24, 2.45) is 0 Å². The van der Waals surface area contributed by atoms with Crippen molar-refractivity contribution in [1.82, 2.24) is 14.6 Å². The molecule has 6 nitrogen and oxygen atoms in total. The third kappa shape index (κ3) is 4.83. The van der Waals surface area contributed by atoms with Gasteiger partial charge in [-0.05, 0) is 54.8 Å². The molecular weight excluding hydrogens is 485 g/mol. The highest BCUT2D eigenvalue weighted by molar-refractivity contribution is 5.65. The quantitative estimate of drug-likeness (QED) is 0.289. The highest BCUT2D eigenvalue weighted by Gasteiger charge is 2.40. The summed E-state index contributed by atoms with van der Waals surface area (Å²) in [5.74, 6) is -0.577. The number of hydrogen-bond donors (Lipinski definition) is 0. The first-order valence-electron chi connectivity index (χ1n) is 10.9. The molecule has 0 radical (unpaired) electrons. The Hall–Kier alpha value is -3.73. The van der Waals surface area contributed by atoms with Gasteiger partial charge in [0.1, 0.15) is 17.1 Å². The summed E-state index contributed by atoms with van der Waals surface area (Å²) in [5.41, 5.74) is 2.07. The van der Waals surface area contributed by atoms with E-state index in [1.54, 1.807) is 18.2 Å². The first kappa shape index (κ1) is 24.0. The van der Waals surface area contributed by atoms with E-state index < -0.39 is 36.3 Å². The van der Waals surface area contributed by atoms with Crippen LogP contribution in [-0.2, 0) is 23.9 Å². The molecule has 1 aliphatic rings. The third-order valence-corrected chi connectivity index (χ3v) is 5.67. The number of alkyl halides is 5. The molecule has 0 N–H and O–H groups in total. The van der Waals surface area contributed by atoms with Gasteiger partial charge in [0, 0.05) is 18.2 Å². The normalized spacial score (nSPS) is 15.1. The fourth-order valence-corrected chi connectivity index (χ4v) is 4.14. The molecule has 0 saturated carbocycles. The zero-order valence-corrected chi connectivity index (χ0v) is 19.1. The topological polar surface area (TPSA) is 57.9 Å². The maximum Gasteiger partial charge on any atom is 0.573 e. The summed E-state index contributed by atoms with van der Waals surface area (Å²) < 4.78 is 83.4. The Labute approximate surface area is 202 Å². The lowest BCUT2D eigenvalue weighted by atomic mass is 10.0. The smallest absolute Gasteiger partial charge is 0.487 e. The van der Waals surface area contributed by atoms with E-state index in [1.807, 2.05) is 19.9 Å². The van der Waals surface area contributed by atoms with Crippen molar-refractivity contribution in [3.8, 4) is 22.6 Å². The highest BCUT2D eigenvalue weighted by Crippen LogP contribution is 2.39. The predicted octanol–water partition coefficient (Wildman–Crippen LogP) is 6.27. The maximum atomic E-state index is 15.1. The van der Waals surface area contributed by atoms with Crippen molar-refractivity contribution in [2.45, 2.75) is 44.9 Å². The molecule has 36 heavy (non-hydrogen) atoms. The van der Waals surface area contributed by atoms with E-state index in [1.165, 1.54) is 24.4 Å². The lowest BCUT2D eigenvalue weighted by Crippen LogP contribution is -2.25. The van der Waals surface area contributed by atoms with Crippen LogP contribution in [0.5, 0.6) is 11.5 Å². The van der Waals surface area contributed by atoms with Gasteiger partial charge in [-0.25, -0.2) is 0 Å². The molecule has 2 aromatic heterocycles. The number of ether oxygens (including phenoxy) is 3. The molecule has 5 rings (SSSR count). The molecular formula is C25H20F5N3O3. The van der Waals surface area contributed by atoms with E-state index in [4.69, 9.17) is 9.47 Å². The first-order chi connectivity index (χ1) is 16.9. The van der Waals surface area contributed by atoms with Crippen molar-refractivity contribution in [1.29, 1.82) is 0 Å². The van der Waals surface area contributed by atoms with E-state index in [0.717, 1.165) is 22.1 Å². The molecule has 0 unspecified atom stereocenters. The SMILES string of the molecule is CC1(C)Cc2cccc(COC(F)(F)c3nnc4ccc(-c5ccc(OC(F)(F)F)cc5)cn34)c2O1. The minimum absolute atomic E-state index is 0.153. The van der Waals surface area contributed by atoms with E-state index in [9.17, 15) is 13.2 Å². The fourth-order valence-electron chi connectivity index (χ4n) is 4.14. The molecule has 1 aliphatic heterocycles. The number of aromatic nitrogens is 3. The van der Waals surface area contributed by atoms with E-state index in [2.05, 4.69) is 14.9 Å². The molecule has 0 bridgehead atoms. The summed E-state index contributed by atoms with van der Waals surface area (Å²) in [5, 5.41) is 7.42. The third-order valence-electron chi connectivity index (χ3n) is 5.67. The summed E-state index contributed by atoms with van der Waals surface area (Å²) in [6.45, 7) is 3.42. The second kappa shape index (κ2) is 8.44. The number of nitrogens with zero attached hydrogens (tertiary/aromatic N) is 3. The number of halogens is 5. The monoisotopic (exact) mass is 505 g/mol. The van der Waals surface area contributed by atoms with Crippen LogP contribution in [-0.4, -0.2) is 26.6 Å². The maximum absolute atomic E-state index is 15.1. The largest absolute Gasteiger partial charge is 0.573 e. The van der Waals surface area contributed by atoms with Crippen LogP contribution >= 0.6 is 0 Å². The number of benzene rings is 2. The Morgan fingerprint density at radius 3 is 2.39 bits per heavy atom. The van der Waals surface area contributed by atoms with Crippen LogP contribution in [0.3, 0.4) is 0 Å². The van der Waals surface area contributed by atoms with Gasteiger partial charge in [-0.1, -0.05) is 30.3 Å². The second-order valence-electron chi connectivity index (χ2n) is 8.99. The Bertz CT molecular complexity index is 1410. The Balaban J connectivity index is 1.39. The minimum Gasteiger partial charge on any atom is -0.487 e. The average molecular weight is 505 g/mol. The fraction of sp³-hybridized carbons (Fsp3) is 0.280. The van der Waals surface area contributed by atoms with Gasteiger partial charge in [-0.2, -0.15) is 8.78 Å². The van der Waals surface area contributed by atoms with Gasteiger partial charge >= 0.3 is 12.5 Å². The standard InChI is InChI=1S/C25H20F5N3O3/c1-23(2)12-16-4-3-5-18(21(16)36-23)14-34-24(26,27)22-32-31-20-11-8-17(13-33(20)22)15-6-9-19(10-7-15)35-25(28,29)30/h3-11,13H,12,14H2,1-2H3. The van der Waals surface area contributed by atoms with Crippen molar-refractivity contribution in [3.63, 3.8) is 0 Å². The molecule has 0 aliphatic carbocycles. The number of para-hydroxylation sites is 1. The zero-order chi connectivity index (χ0) is 25.7. The number of fused-ring (bicyclic) bond motifs is 2. The van der Waals surface area contributed by atoms with Crippen LogP contribution in [0.2, 0.25) is 0 Å². The van der Waals surface area contributed by atoms with Gasteiger partial charge in [0.25, 0.3) is 0 Å². The summed E-state index contributed by atoms with van der Waals surface area (Å²) in [4.78, 5) is 0. The van der Waals surface area contributed by atoms with Gasteiger partial charge in [0.15, 0.2) is 5.65 Å². The lowest BCUT2D eigenvalue weighted by Gasteiger charge is -2.19. The van der Waals surface area contributed by atoms with Crippen LogP contribution in [0.1, 0.15) is 30.8 Å². The molecule has 4 aromatic rings. The van der Waals surface area contributed by atoms with E-state index >= 15 is 8.78 Å². The Morgan fingerprint density at radius 2 is 1.67 bits per heavy atom. The van der Waals surface area contributed by atoms with Crippen LogP contribution in [0.4, 0.5) is 22.0 Å². The van der Waals surface area contributed by atoms with Gasteiger partial charge < -0.3 is 14.2 Å². The summed E-state index contributed by atoms with van der Waals surface area (Å²) in [6, 6.07) is 13.4. The molecule has 0 amide bonds. The summed E-state index contributed by atoms with van der Waals surface area (Å²) in [7, 11) is 0. The Kier molecular flexibility index (Phi) is 5.62. The number of pyridine rings is 1. The number of rotatable bonds is 6. The van der Waals surface area contributed by atoms with Crippen molar-refractivity contribution < 1.29 is 36.2 Å². The zero-order valence-electron chi connectivity index (χ0n) is 19.1. The Morgan fingerprint density at radius 1 is 0.944 bits per heavy atom. The number of hydrogen-bond acceptors (Lipinski definition) is 5. The van der Waals surface area contributed by atoms with Gasteiger partial charge in [0.2, 0.25) is 5.82 Å². The predicted molar refractivity (Wildman–Crippen MR) is 119 cm³/mol. The first-order valence-corrected chi connectivity index (χ1v) is 10.9. The molecule has 0 fully saturated rings. The van der Waals surface area contributed by atoms with Crippen molar-refractivity contribution >= 4 is 5.65 Å². The van der Waals surface area contributed by atoms with Gasteiger partial charge in [-0.3, -0.25) is 4.40 Å².